The highest BCUT2D eigenvalue weighted by Gasteiger charge is 2.36. The SMILES string of the molecule is CO[C@H](C)[C@H](NC(=O)OCC1c2ccccc2-c2ccccc21)C(=O)NC(C)(C)C(=O)O. The third kappa shape index (κ3) is 4.75. The smallest absolute Gasteiger partial charge is 0.407 e. The highest BCUT2D eigenvalue weighted by atomic mass is 16.5. The molecule has 170 valence electrons. The van der Waals surface area contributed by atoms with Gasteiger partial charge < -0.3 is 25.2 Å². The molecule has 2 amide bonds. The molecule has 3 N–H and O–H groups in total. The van der Waals surface area contributed by atoms with Crippen LogP contribution in [0.15, 0.2) is 48.5 Å². The van der Waals surface area contributed by atoms with Crippen molar-refractivity contribution in [3.8, 4) is 11.1 Å². The molecule has 0 saturated carbocycles. The van der Waals surface area contributed by atoms with Crippen LogP contribution in [0.4, 0.5) is 4.79 Å². The molecule has 2 aromatic carbocycles. The number of rotatable bonds is 8. The lowest BCUT2D eigenvalue weighted by Gasteiger charge is -2.28. The fourth-order valence-electron chi connectivity index (χ4n) is 3.74. The summed E-state index contributed by atoms with van der Waals surface area (Å²) in [6.45, 7) is 4.40. The molecule has 32 heavy (non-hydrogen) atoms. The number of alkyl carbamates (subject to hydrolysis) is 1. The third-order valence-electron chi connectivity index (χ3n) is 5.71. The van der Waals surface area contributed by atoms with Crippen LogP contribution in [-0.4, -0.2) is 54.5 Å². The van der Waals surface area contributed by atoms with Gasteiger partial charge >= 0.3 is 12.1 Å². The van der Waals surface area contributed by atoms with Gasteiger partial charge in [-0.25, -0.2) is 9.59 Å². The second kappa shape index (κ2) is 9.40. The molecule has 2 atom stereocenters. The topological polar surface area (TPSA) is 114 Å². The molecule has 2 aromatic rings. The molecular formula is C24H28N2O6. The third-order valence-corrected chi connectivity index (χ3v) is 5.71. The lowest BCUT2D eigenvalue weighted by molar-refractivity contribution is -0.146. The number of carbonyl (C=O) groups excluding carboxylic acids is 2. The monoisotopic (exact) mass is 440 g/mol. The zero-order valence-corrected chi connectivity index (χ0v) is 18.5. The van der Waals surface area contributed by atoms with Gasteiger partial charge in [-0.05, 0) is 43.0 Å². The van der Waals surface area contributed by atoms with Gasteiger partial charge in [0, 0.05) is 13.0 Å². The van der Waals surface area contributed by atoms with Gasteiger partial charge in [-0.15, -0.1) is 0 Å². The molecule has 0 bridgehead atoms. The van der Waals surface area contributed by atoms with Crippen molar-refractivity contribution in [2.45, 2.75) is 44.4 Å². The van der Waals surface area contributed by atoms with E-state index in [0.29, 0.717) is 0 Å². The number of carboxylic acids is 1. The summed E-state index contributed by atoms with van der Waals surface area (Å²) < 4.78 is 10.7. The molecule has 0 radical (unpaired) electrons. The Morgan fingerprint density at radius 3 is 2.06 bits per heavy atom. The minimum atomic E-state index is -1.51. The quantitative estimate of drug-likeness (QED) is 0.582. The van der Waals surface area contributed by atoms with Crippen LogP contribution in [0, 0.1) is 0 Å². The molecule has 0 unspecified atom stereocenters. The van der Waals surface area contributed by atoms with Crippen LogP contribution in [0.5, 0.6) is 0 Å². The number of fused-ring (bicyclic) bond motifs is 3. The van der Waals surface area contributed by atoms with E-state index >= 15 is 0 Å². The highest BCUT2D eigenvalue weighted by Crippen LogP contribution is 2.44. The van der Waals surface area contributed by atoms with E-state index in [-0.39, 0.29) is 12.5 Å². The first-order valence-corrected chi connectivity index (χ1v) is 10.4. The predicted octanol–water partition coefficient (Wildman–Crippen LogP) is 2.91. The molecule has 3 rings (SSSR count). The van der Waals surface area contributed by atoms with Crippen molar-refractivity contribution in [3.05, 3.63) is 59.7 Å². The number of carbonyl (C=O) groups is 3. The molecule has 0 spiro atoms. The molecule has 0 aliphatic heterocycles. The van der Waals surface area contributed by atoms with Gasteiger partial charge in [-0.1, -0.05) is 48.5 Å². The average molecular weight is 440 g/mol. The normalized spacial score (nSPS) is 14.6. The van der Waals surface area contributed by atoms with Crippen molar-refractivity contribution < 1.29 is 29.0 Å². The molecule has 0 saturated heterocycles. The molecule has 1 aliphatic rings. The number of benzene rings is 2. The van der Waals surface area contributed by atoms with Crippen molar-refractivity contribution >= 4 is 18.0 Å². The summed E-state index contributed by atoms with van der Waals surface area (Å²) in [5.41, 5.74) is 2.86. The number of amides is 2. The van der Waals surface area contributed by atoms with Gasteiger partial charge in [-0.2, -0.15) is 0 Å². The summed E-state index contributed by atoms with van der Waals surface area (Å²) in [5, 5.41) is 14.2. The number of aliphatic carboxylic acids is 1. The van der Waals surface area contributed by atoms with E-state index in [1.807, 2.05) is 48.5 Å². The zero-order valence-electron chi connectivity index (χ0n) is 18.5. The minimum absolute atomic E-state index is 0.0934. The van der Waals surface area contributed by atoms with Crippen LogP contribution >= 0.6 is 0 Å². The van der Waals surface area contributed by atoms with Gasteiger partial charge in [0.15, 0.2) is 0 Å². The molecule has 8 nitrogen and oxygen atoms in total. The summed E-state index contributed by atoms with van der Waals surface area (Å²) in [6, 6.07) is 14.8. The van der Waals surface area contributed by atoms with Crippen LogP contribution < -0.4 is 10.6 Å². The first-order chi connectivity index (χ1) is 15.2. The second-order valence-electron chi connectivity index (χ2n) is 8.31. The van der Waals surface area contributed by atoms with Gasteiger partial charge in [-0.3, -0.25) is 4.79 Å². The van der Waals surface area contributed by atoms with E-state index in [1.54, 1.807) is 6.92 Å². The van der Waals surface area contributed by atoms with E-state index in [4.69, 9.17) is 9.47 Å². The van der Waals surface area contributed by atoms with Crippen LogP contribution in [0.25, 0.3) is 11.1 Å². The molecule has 0 fully saturated rings. The number of ether oxygens (including phenoxy) is 2. The maximum absolute atomic E-state index is 12.7. The van der Waals surface area contributed by atoms with Crippen LogP contribution in [-0.2, 0) is 19.1 Å². The molecule has 0 heterocycles. The molecule has 1 aliphatic carbocycles. The fraction of sp³-hybridized carbons (Fsp3) is 0.375. The first-order valence-electron chi connectivity index (χ1n) is 10.4. The Labute approximate surface area is 186 Å². The summed E-state index contributed by atoms with van der Waals surface area (Å²) in [6.07, 6.45) is -1.50. The van der Waals surface area contributed by atoms with Crippen LogP contribution in [0.2, 0.25) is 0 Å². The molecule has 0 aromatic heterocycles. The molecule has 8 heteroatoms. The lowest BCUT2D eigenvalue weighted by atomic mass is 9.98. The van der Waals surface area contributed by atoms with E-state index in [2.05, 4.69) is 10.6 Å². The zero-order chi connectivity index (χ0) is 23.5. The number of methoxy groups -OCH3 is 1. The van der Waals surface area contributed by atoms with Crippen molar-refractivity contribution in [1.82, 2.24) is 10.6 Å². The summed E-state index contributed by atoms with van der Waals surface area (Å²) >= 11 is 0. The Hall–Kier alpha value is -3.39. The van der Waals surface area contributed by atoms with Gasteiger partial charge in [0.2, 0.25) is 5.91 Å². The largest absolute Gasteiger partial charge is 0.480 e. The van der Waals surface area contributed by atoms with E-state index in [1.165, 1.54) is 21.0 Å². The Bertz CT molecular complexity index is 974. The average Bonchev–Trinajstić information content (AvgIpc) is 3.09. The Kier molecular flexibility index (Phi) is 6.84. The predicted molar refractivity (Wildman–Crippen MR) is 118 cm³/mol. The number of hydrogen-bond acceptors (Lipinski definition) is 5. The van der Waals surface area contributed by atoms with E-state index in [0.717, 1.165) is 22.3 Å². The summed E-state index contributed by atoms with van der Waals surface area (Å²) in [5.74, 6) is -2.00. The number of nitrogens with one attached hydrogen (secondary N) is 2. The van der Waals surface area contributed by atoms with E-state index in [9.17, 15) is 19.5 Å². The Morgan fingerprint density at radius 2 is 1.56 bits per heavy atom. The van der Waals surface area contributed by atoms with Crippen molar-refractivity contribution in [2.75, 3.05) is 13.7 Å². The Balaban J connectivity index is 1.70. The first kappa shape index (κ1) is 23.3. The van der Waals surface area contributed by atoms with Crippen LogP contribution in [0.3, 0.4) is 0 Å². The lowest BCUT2D eigenvalue weighted by Crippen LogP contribution is -2.59. The standard InChI is InChI=1S/C24H28N2O6/c1-14(31-4)20(21(27)26-24(2,3)22(28)29)25-23(30)32-13-19-17-11-7-5-9-15(17)16-10-6-8-12-18(16)19/h5-12,14,19-20H,13H2,1-4H3,(H,25,30)(H,26,27)(H,28,29)/t14-,20+/m1/s1. The van der Waals surface area contributed by atoms with Crippen molar-refractivity contribution in [2.24, 2.45) is 0 Å². The van der Waals surface area contributed by atoms with Gasteiger partial charge in [0.1, 0.15) is 18.2 Å². The number of hydrogen-bond donors (Lipinski definition) is 3. The van der Waals surface area contributed by atoms with Crippen molar-refractivity contribution in [3.63, 3.8) is 0 Å². The highest BCUT2D eigenvalue weighted by molar-refractivity contribution is 5.91. The summed E-state index contributed by atoms with van der Waals surface area (Å²) in [7, 11) is 1.40. The van der Waals surface area contributed by atoms with Gasteiger partial charge in [0.05, 0.1) is 6.10 Å². The van der Waals surface area contributed by atoms with Crippen LogP contribution in [0.1, 0.15) is 37.8 Å². The Morgan fingerprint density at radius 1 is 1.03 bits per heavy atom. The maximum Gasteiger partial charge on any atom is 0.407 e. The summed E-state index contributed by atoms with van der Waals surface area (Å²) in [4.78, 5) is 36.6. The minimum Gasteiger partial charge on any atom is -0.480 e. The second-order valence-corrected chi connectivity index (χ2v) is 8.31. The molecular weight excluding hydrogens is 412 g/mol. The van der Waals surface area contributed by atoms with Crippen molar-refractivity contribution in [1.29, 1.82) is 0 Å². The number of carboxylic acid groups (broad SMARTS) is 1. The van der Waals surface area contributed by atoms with E-state index < -0.39 is 35.7 Å². The maximum atomic E-state index is 12.7. The van der Waals surface area contributed by atoms with Gasteiger partial charge in [0.25, 0.3) is 0 Å². The fourth-order valence-corrected chi connectivity index (χ4v) is 3.74.